The van der Waals surface area contributed by atoms with E-state index >= 15 is 0 Å². The fourth-order valence-electron chi connectivity index (χ4n) is 1.48. The van der Waals surface area contributed by atoms with E-state index in [0.29, 0.717) is 12.5 Å². The maximum atomic E-state index is 11.8. The van der Waals surface area contributed by atoms with E-state index in [-0.39, 0.29) is 12.8 Å². The van der Waals surface area contributed by atoms with Crippen molar-refractivity contribution in [2.24, 2.45) is 11.7 Å². The van der Waals surface area contributed by atoms with Crippen molar-refractivity contribution in [2.75, 3.05) is 13.6 Å². The molecule has 0 heterocycles. The van der Waals surface area contributed by atoms with Crippen LogP contribution in [0.1, 0.15) is 33.1 Å². The zero-order valence-corrected chi connectivity index (χ0v) is 11.7. The van der Waals surface area contributed by atoms with Crippen LogP contribution in [0.15, 0.2) is 0 Å². The molecule has 2 atom stereocenters. The molecule has 19 heavy (non-hydrogen) atoms. The van der Waals surface area contributed by atoms with Gasteiger partial charge in [0, 0.05) is 20.0 Å². The highest BCUT2D eigenvalue weighted by molar-refractivity contribution is 5.83. The number of nitrogens with one attached hydrogen (secondary N) is 1. The highest BCUT2D eigenvalue weighted by Gasteiger charge is 2.22. The van der Waals surface area contributed by atoms with E-state index in [1.54, 1.807) is 7.05 Å². The normalized spacial score (nSPS) is 13.4. The van der Waals surface area contributed by atoms with Gasteiger partial charge >= 0.3 is 12.0 Å². The van der Waals surface area contributed by atoms with Crippen LogP contribution in [0.5, 0.6) is 0 Å². The Labute approximate surface area is 113 Å². The molecule has 0 aliphatic rings. The van der Waals surface area contributed by atoms with E-state index in [4.69, 9.17) is 10.8 Å². The molecule has 110 valence electrons. The lowest BCUT2D eigenvalue weighted by Crippen LogP contribution is -2.47. The summed E-state index contributed by atoms with van der Waals surface area (Å²) < 4.78 is 0. The number of aliphatic carboxylic acids is 1. The second-order valence-corrected chi connectivity index (χ2v) is 4.74. The summed E-state index contributed by atoms with van der Waals surface area (Å²) in [5, 5.41) is 11.3. The van der Waals surface area contributed by atoms with Gasteiger partial charge in [0.05, 0.1) is 0 Å². The summed E-state index contributed by atoms with van der Waals surface area (Å²) in [5.41, 5.74) is 4.96. The van der Waals surface area contributed by atoms with Crippen molar-refractivity contribution >= 4 is 17.9 Å². The minimum absolute atomic E-state index is 0.00637. The van der Waals surface area contributed by atoms with Gasteiger partial charge < -0.3 is 21.1 Å². The Morgan fingerprint density at radius 3 is 2.37 bits per heavy atom. The maximum Gasteiger partial charge on any atom is 0.326 e. The number of carboxylic acids is 1. The van der Waals surface area contributed by atoms with E-state index in [1.165, 1.54) is 4.90 Å². The Kier molecular flexibility index (Phi) is 7.55. The lowest BCUT2D eigenvalue weighted by atomic mass is 10.1. The molecule has 0 aromatic carbocycles. The van der Waals surface area contributed by atoms with Crippen LogP contribution in [-0.4, -0.2) is 47.5 Å². The number of primary amides is 1. The van der Waals surface area contributed by atoms with Crippen molar-refractivity contribution < 1.29 is 19.5 Å². The number of amides is 3. The first-order valence-corrected chi connectivity index (χ1v) is 6.30. The quantitative estimate of drug-likeness (QED) is 0.593. The maximum absolute atomic E-state index is 11.8. The molecule has 0 aliphatic heterocycles. The number of carbonyl (C=O) groups is 3. The summed E-state index contributed by atoms with van der Waals surface area (Å²) in [4.78, 5) is 34.8. The van der Waals surface area contributed by atoms with Crippen LogP contribution in [0.3, 0.4) is 0 Å². The van der Waals surface area contributed by atoms with Crippen LogP contribution < -0.4 is 11.1 Å². The Morgan fingerprint density at radius 2 is 1.95 bits per heavy atom. The minimum atomic E-state index is -1.17. The highest BCUT2D eigenvalue weighted by Crippen LogP contribution is 2.04. The van der Waals surface area contributed by atoms with Crippen molar-refractivity contribution in [2.45, 2.75) is 39.2 Å². The molecular formula is C12H23N3O4. The summed E-state index contributed by atoms with van der Waals surface area (Å²) >= 11 is 0. The molecule has 0 saturated carbocycles. The van der Waals surface area contributed by atoms with Gasteiger partial charge in [0.1, 0.15) is 6.04 Å². The number of hydrogen-bond acceptors (Lipinski definition) is 3. The first-order valence-electron chi connectivity index (χ1n) is 6.30. The number of carbonyl (C=O) groups excluding carboxylic acids is 2. The van der Waals surface area contributed by atoms with Crippen LogP contribution in [0.25, 0.3) is 0 Å². The second kappa shape index (κ2) is 8.34. The predicted octanol–water partition coefficient (Wildman–Crippen LogP) is 0.393. The van der Waals surface area contributed by atoms with Crippen LogP contribution in [0.4, 0.5) is 4.79 Å². The second-order valence-electron chi connectivity index (χ2n) is 4.74. The molecule has 7 nitrogen and oxygen atoms in total. The molecule has 3 amide bonds. The molecule has 0 rings (SSSR count). The number of hydrogen-bond donors (Lipinski definition) is 3. The summed E-state index contributed by atoms with van der Waals surface area (Å²) in [6.45, 7) is 4.57. The summed E-state index contributed by atoms with van der Waals surface area (Å²) in [6, 6.07) is -1.56. The molecule has 4 N–H and O–H groups in total. The van der Waals surface area contributed by atoms with Crippen molar-refractivity contribution in [1.29, 1.82) is 0 Å². The van der Waals surface area contributed by atoms with Crippen molar-refractivity contribution in [3.05, 3.63) is 0 Å². The van der Waals surface area contributed by atoms with Crippen LogP contribution in [0.2, 0.25) is 0 Å². The number of nitrogens with zero attached hydrogens (tertiary/aromatic N) is 1. The molecule has 0 aliphatic carbocycles. The molecule has 0 bridgehead atoms. The molecule has 0 aromatic rings. The van der Waals surface area contributed by atoms with Gasteiger partial charge in [-0.1, -0.05) is 20.3 Å². The Balaban J connectivity index is 4.37. The van der Waals surface area contributed by atoms with Gasteiger partial charge in [-0.25, -0.2) is 9.59 Å². The first kappa shape index (κ1) is 17.2. The zero-order valence-electron chi connectivity index (χ0n) is 11.7. The SMILES string of the molecule is CCC(C)CN(C)C(=O)N[C@H](CCC(N)=O)C(=O)O. The average Bonchev–Trinajstić information content (AvgIpc) is 2.32. The third kappa shape index (κ3) is 7.28. The van der Waals surface area contributed by atoms with Crippen LogP contribution in [-0.2, 0) is 9.59 Å². The number of urea groups is 1. The molecule has 0 aromatic heterocycles. The minimum Gasteiger partial charge on any atom is -0.480 e. The van der Waals surface area contributed by atoms with Gasteiger partial charge in [-0.15, -0.1) is 0 Å². The number of nitrogens with two attached hydrogens (primary N) is 1. The number of carboxylic acid groups (broad SMARTS) is 1. The van der Waals surface area contributed by atoms with E-state index in [9.17, 15) is 14.4 Å². The molecule has 1 unspecified atom stereocenters. The van der Waals surface area contributed by atoms with Crippen LogP contribution in [0, 0.1) is 5.92 Å². The summed E-state index contributed by atoms with van der Waals surface area (Å²) in [5.74, 6) is -1.43. The van der Waals surface area contributed by atoms with E-state index < -0.39 is 23.9 Å². The van der Waals surface area contributed by atoms with Gasteiger partial charge in [0.2, 0.25) is 5.91 Å². The Hall–Kier alpha value is -1.79. The first-order chi connectivity index (χ1) is 8.77. The standard InChI is InChI=1S/C12H23N3O4/c1-4-8(2)7-15(3)12(19)14-9(11(17)18)5-6-10(13)16/h8-9H,4-7H2,1-3H3,(H2,13,16)(H,14,19)(H,17,18)/t8?,9-/m1/s1. The lowest BCUT2D eigenvalue weighted by molar-refractivity contribution is -0.139. The summed E-state index contributed by atoms with van der Waals surface area (Å²) in [7, 11) is 1.61. The Bertz CT molecular complexity index is 333. The lowest BCUT2D eigenvalue weighted by Gasteiger charge is -2.23. The van der Waals surface area contributed by atoms with E-state index in [1.807, 2.05) is 13.8 Å². The van der Waals surface area contributed by atoms with Crippen molar-refractivity contribution in [3.8, 4) is 0 Å². The third-order valence-corrected chi connectivity index (χ3v) is 2.90. The van der Waals surface area contributed by atoms with E-state index in [0.717, 1.165) is 6.42 Å². The Morgan fingerprint density at radius 1 is 1.37 bits per heavy atom. The average molecular weight is 273 g/mol. The fourth-order valence-corrected chi connectivity index (χ4v) is 1.48. The molecule has 0 radical (unpaired) electrons. The third-order valence-electron chi connectivity index (χ3n) is 2.90. The topological polar surface area (TPSA) is 113 Å². The summed E-state index contributed by atoms with van der Waals surface area (Å²) in [6.07, 6.45) is 0.849. The molecule has 0 saturated heterocycles. The predicted molar refractivity (Wildman–Crippen MR) is 70.5 cm³/mol. The van der Waals surface area contributed by atoms with Crippen molar-refractivity contribution in [3.63, 3.8) is 0 Å². The fraction of sp³-hybridized carbons (Fsp3) is 0.750. The molecule has 7 heteroatoms. The number of rotatable bonds is 8. The van der Waals surface area contributed by atoms with E-state index in [2.05, 4.69) is 5.32 Å². The zero-order chi connectivity index (χ0) is 15.0. The van der Waals surface area contributed by atoms with Gasteiger partial charge in [-0.3, -0.25) is 4.79 Å². The molecular weight excluding hydrogens is 250 g/mol. The van der Waals surface area contributed by atoms with Crippen LogP contribution >= 0.6 is 0 Å². The molecule has 0 spiro atoms. The van der Waals surface area contributed by atoms with Gasteiger partial charge in [-0.2, -0.15) is 0 Å². The van der Waals surface area contributed by atoms with Gasteiger partial charge in [0.25, 0.3) is 0 Å². The smallest absolute Gasteiger partial charge is 0.326 e. The monoisotopic (exact) mass is 273 g/mol. The van der Waals surface area contributed by atoms with Gasteiger partial charge in [0.15, 0.2) is 0 Å². The van der Waals surface area contributed by atoms with Gasteiger partial charge in [-0.05, 0) is 12.3 Å². The van der Waals surface area contributed by atoms with Crippen molar-refractivity contribution in [1.82, 2.24) is 10.2 Å². The largest absolute Gasteiger partial charge is 0.480 e. The molecule has 0 fully saturated rings. The highest BCUT2D eigenvalue weighted by atomic mass is 16.4.